The van der Waals surface area contributed by atoms with Crippen molar-refractivity contribution in [3.05, 3.63) is 58.2 Å². The lowest BCUT2D eigenvalue weighted by atomic mass is 10.1. The number of ketones is 1. The number of aryl methyl sites for hydroxylation is 2. The van der Waals surface area contributed by atoms with Crippen molar-refractivity contribution < 1.29 is 9.59 Å². The van der Waals surface area contributed by atoms with Gasteiger partial charge in [0.2, 0.25) is 0 Å². The first kappa shape index (κ1) is 16.1. The Bertz CT molecular complexity index is 907. The number of aromatic nitrogens is 2. The molecule has 3 rings (SSSR count). The first-order chi connectivity index (χ1) is 11.4. The summed E-state index contributed by atoms with van der Waals surface area (Å²) >= 11 is 1.58. The average Bonchev–Trinajstić information content (AvgIpc) is 3.13. The smallest absolute Gasteiger partial charge is 0.272 e. The van der Waals surface area contributed by atoms with Crippen molar-refractivity contribution in [2.24, 2.45) is 7.05 Å². The van der Waals surface area contributed by atoms with Crippen LogP contribution in [0.5, 0.6) is 0 Å². The predicted octanol–water partition coefficient (Wildman–Crippen LogP) is 3.91. The van der Waals surface area contributed by atoms with Crippen LogP contribution in [-0.2, 0) is 7.05 Å². The van der Waals surface area contributed by atoms with Gasteiger partial charge < -0.3 is 9.88 Å². The summed E-state index contributed by atoms with van der Waals surface area (Å²) in [6, 6.07) is 8.68. The molecule has 0 aliphatic carbocycles. The topological polar surface area (TPSA) is 64.0 Å². The Morgan fingerprint density at radius 1 is 1.21 bits per heavy atom. The number of hydrogen-bond donors (Lipinski definition) is 1. The average molecular weight is 339 g/mol. The fourth-order valence-corrected chi connectivity index (χ4v) is 3.03. The van der Waals surface area contributed by atoms with Crippen molar-refractivity contribution >= 4 is 28.7 Å². The number of hydrogen-bond acceptors (Lipinski definition) is 4. The summed E-state index contributed by atoms with van der Waals surface area (Å²) in [5.41, 5.74) is 3.61. The fourth-order valence-electron chi connectivity index (χ4n) is 2.41. The SMILES string of the molecule is CC(=O)c1ccc(NC(=O)c2cc(-c3csc(C)n3)cn2C)cc1. The van der Waals surface area contributed by atoms with Gasteiger partial charge in [0.05, 0.1) is 10.7 Å². The van der Waals surface area contributed by atoms with Crippen LogP contribution in [-0.4, -0.2) is 21.2 Å². The number of thiazole rings is 1. The number of nitrogens with zero attached hydrogens (tertiary/aromatic N) is 2. The van der Waals surface area contributed by atoms with E-state index in [9.17, 15) is 9.59 Å². The molecule has 0 bridgehead atoms. The van der Waals surface area contributed by atoms with Crippen LogP contribution in [0.15, 0.2) is 41.9 Å². The molecule has 3 aromatic rings. The summed E-state index contributed by atoms with van der Waals surface area (Å²) < 4.78 is 1.78. The van der Waals surface area contributed by atoms with E-state index < -0.39 is 0 Å². The highest BCUT2D eigenvalue weighted by Crippen LogP contribution is 2.24. The summed E-state index contributed by atoms with van der Waals surface area (Å²) in [7, 11) is 1.83. The molecule has 0 spiro atoms. The molecule has 6 heteroatoms. The minimum absolute atomic E-state index is 0.00138. The molecule has 5 nitrogen and oxygen atoms in total. The minimum Gasteiger partial charge on any atom is -0.346 e. The Kier molecular flexibility index (Phi) is 4.31. The number of benzene rings is 1. The number of anilines is 1. The zero-order valence-corrected chi connectivity index (χ0v) is 14.5. The highest BCUT2D eigenvalue weighted by atomic mass is 32.1. The molecule has 1 aromatic carbocycles. The molecule has 0 saturated heterocycles. The van der Waals surface area contributed by atoms with Crippen LogP contribution in [0, 0.1) is 6.92 Å². The highest BCUT2D eigenvalue weighted by molar-refractivity contribution is 7.09. The molecule has 122 valence electrons. The van der Waals surface area contributed by atoms with Gasteiger partial charge in [-0.3, -0.25) is 9.59 Å². The van der Waals surface area contributed by atoms with Crippen LogP contribution < -0.4 is 5.32 Å². The molecule has 1 amide bonds. The zero-order valence-electron chi connectivity index (χ0n) is 13.7. The molecular weight excluding hydrogens is 322 g/mol. The second-order valence-electron chi connectivity index (χ2n) is 5.56. The van der Waals surface area contributed by atoms with E-state index in [4.69, 9.17) is 0 Å². The Morgan fingerprint density at radius 2 is 1.92 bits per heavy atom. The summed E-state index contributed by atoms with van der Waals surface area (Å²) in [4.78, 5) is 28.2. The molecule has 0 aliphatic heterocycles. The first-order valence-corrected chi connectivity index (χ1v) is 8.33. The van der Waals surface area contributed by atoms with E-state index in [1.807, 2.05) is 31.6 Å². The summed E-state index contributed by atoms with van der Waals surface area (Å²) in [6.45, 7) is 3.47. The molecule has 0 saturated carbocycles. The number of carbonyl (C=O) groups is 2. The number of nitrogens with one attached hydrogen (secondary N) is 1. The van der Waals surface area contributed by atoms with Gasteiger partial charge in [-0.25, -0.2) is 4.98 Å². The lowest BCUT2D eigenvalue weighted by molar-refractivity contribution is 0.101. The van der Waals surface area contributed by atoms with Crippen LogP contribution in [0.3, 0.4) is 0 Å². The van der Waals surface area contributed by atoms with Gasteiger partial charge in [0.25, 0.3) is 5.91 Å². The largest absolute Gasteiger partial charge is 0.346 e. The molecule has 0 aliphatic rings. The summed E-state index contributed by atoms with van der Waals surface area (Å²) in [6.07, 6.45) is 1.89. The van der Waals surface area contributed by atoms with Gasteiger partial charge in [0.15, 0.2) is 5.78 Å². The van der Waals surface area contributed by atoms with Crippen LogP contribution in [0.2, 0.25) is 0 Å². The molecule has 0 fully saturated rings. The fraction of sp³-hybridized carbons (Fsp3) is 0.167. The van der Waals surface area contributed by atoms with E-state index in [-0.39, 0.29) is 11.7 Å². The van der Waals surface area contributed by atoms with Crippen LogP contribution in [0.25, 0.3) is 11.3 Å². The molecule has 0 atom stereocenters. The number of amides is 1. The van der Waals surface area contributed by atoms with Crippen LogP contribution >= 0.6 is 11.3 Å². The van der Waals surface area contributed by atoms with E-state index in [2.05, 4.69) is 10.3 Å². The van der Waals surface area contributed by atoms with E-state index in [1.165, 1.54) is 6.92 Å². The molecule has 2 aromatic heterocycles. The predicted molar refractivity (Wildman–Crippen MR) is 95.7 cm³/mol. The van der Waals surface area contributed by atoms with Gasteiger partial charge in [-0.05, 0) is 44.2 Å². The Labute approximate surface area is 144 Å². The minimum atomic E-state index is -0.203. The standard InChI is InChI=1S/C18H17N3O2S/c1-11(22)13-4-6-15(7-5-13)20-18(23)17-8-14(9-21(17)3)16-10-24-12(2)19-16/h4-10H,1-3H3,(H,20,23). The Morgan fingerprint density at radius 3 is 2.50 bits per heavy atom. The molecule has 24 heavy (non-hydrogen) atoms. The van der Waals surface area contributed by atoms with Gasteiger partial charge in [0.1, 0.15) is 5.69 Å². The highest BCUT2D eigenvalue weighted by Gasteiger charge is 2.14. The maximum Gasteiger partial charge on any atom is 0.272 e. The molecule has 0 radical (unpaired) electrons. The Hall–Kier alpha value is -2.73. The molecular formula is C18H17N3O2S. The van der Waals surface area contributed by atoms with Gasteiger partial charge in [-0.2, -0.15) is 0 Å². The number of carbonyl (C=O) groups excluding carboxylic acids is 2. The lowest BCUT2D eigenvalue weighted by Crippen LogP contribution is -2.15. The van der Waals surface area contributed by atoms with Gasteiger partial charge >= 0.3 is 0 Å². The maximum absolute atomic E-state index is 12.5. The second-order valence-corrected chi connectivity index (χ2v) is 6.63. The summed E-state index contributed by atoms with van der Waals surface area (Å²) in [5, 5.41) is 5.82. The van der Waals surface area contributed by atoms with Crippen molar-refractivity contribution in [1.82, 2.24) is 9.55 Å². The maximum atomic E-state index is 12.5. The monoisotopic (exact) mass is 339 g/mol. The zero-order chi connectivity index (χ0) is 17.3. The molecule has 0 unspecified atom stereocenters. The third kappa shape index (κ3) is 3.28. The number of rotatable bonds is 4. The first-order valence-electron chi connectivity index (χ1n) is 7.45. The van der Waals surface area contributed by atoms with Crippen molar-refractivity contribution in [1.29, 1.82) is 0 Å². The van der Waals surface area contributed by atoms with E-state index >= 15 is 0 Å². The Balaban J connectivity index is 1.80. The lowest BCUT2D eigenvalue weighted by Gasteiger charge is -2.06. The van der Waals surface area contributed by atoms with Crippen LogP contribution in [0.4, 0.5) is 5.69 Å². The number of Topliss-reactive ketones (excluding diaryl/α,β-unsaturated/α-hetero) is 1. The van der Waals surface area contributed by atoms with Crippen molar-refractivity contribution in [2.45, 2.75) is 13.8 Å². The summed E-state index contributed by atoms with van der Waals surface area (Å²) in [5.74, 6) is -0.204. The third-order valence-electron chi connectivity index (χ3n) is 3.70. The molecule has 1 N–H and O–H groups in total. The van der Waals surface area contributed by atoms with E-state index in [0.717, 1.165) is 16.3 Å². The van der Waals surface area contributed by atoms with Crippen LogP contribution in [0.1, 0.15) is 32.8 Å². The third-order valence-corrected chi connectivity index (χ3v) is 4.48. The van der Waals surface area contributed by atoms with Crippen molar-refractivity contribution in [3.8, 4) is 11.3 Å². The normalized spacial score (nSPS) is 10.6. The molecule has 2 heterocycles. The van der Waals surface area contributed by atoms with Crippen molar-refractivity contribution in [2.75, 3.05) is 5.32 Å². The van der Waals surface area contributed by atoms with E-state index in [0.29, 0.717) is 16.9 Å². The second kappa shape index (κ2) is 6.41. The quantitative estimate of drug-likeness (QED) is 0.733. The van der Waals surface area contributed by atoms with Gasteiger partial charge in [-0.15, -0.1) is 11.3 Å². The van der Waals surface area contributed by atoms with Gasteiger partial charge in [0, 0.05) is 35.4 Å². The van der Waals surface area contributed by atoms with Crippen molar-refractivity contribution in [3.63, 3.8) is 0 Å². The van der Waals surface area contributed by atoms with Gasteiger partial charge in [-0.1, -0.05) is 0 Å². The van der Waals surface area contributed by atoms with E-state index in [1.54, 1.807) is 40.2 Å².